The van der Waals surface area contributed by atoms with E-state index in [0.29, 0.717) is 47.4 Å². The van der Waals surface area contributed by atoms with Gasteiger partial charge in [-0.3, -0.25) is 14.5 Å². The van der Waals surface area contributed by atoms with Crippen molar-refractivity contribution in [1.29, 1.82) is 0 Å². The zero-order valence-electron chi connectivity index (χ0n) is 24.3. The maximum Gasteiger partial charge on any atom is 0.416 e. The van der Waals surface area contributed by atoms with Gasteiger partial charge in [-0.2, -0.15) is 13.2 Å². The van der Waals surface area contributed by atoms with Gasteiger partial charge >= 0.3 is 6.18 Å². The molecule has 44 heavy (non-hydrogen) atoms. The van der Waals surface area contributed by atoms with E-state index in [2.05, 4.69) is 43.6 Å². The number of benzene rings is 2. The standard InChI is InChI=1S/C31H34F3N7O3/c1-4-10-39-11-13-40(14-12-39)26-18-27(43-3)24(17-23(26)38-30(42)5-2)37-28-19-29(36-20-35-28)41-25(9-15-44-41)21-7-6-8-22(16-21)31(32,33)34/h4-8,16-20,25H,1-2,9-15H2,3H3,(H,38,42)(H,35,36,37)/t25-/m1/s1. The molecule has 13 heteroatoms. The van der Waals surface area contributed by atoms with Gasteiger partial charge in [-0.25, -0.2) is 15.0 Å². The molecule has 1 atom stereocenters. The van der Waals surface area contributed by atoms with Crippen LogP contribution in [0.3, 0.4) is 0 Å². The number of rotatable bonds is 10. The van der Waals surface area contributed by atoms with E-state index < -0.39 is 17.8 Å². The lowest BCUT2D eigenvalue weighted by atomic mass is 10.0. The summed E-state index contributed by atoms with van der Waals surface area (Å²) in [4.78, 5) is 31.3. The molecular formula is C31H34F3N7O3. The molecule has 1 amide bonds. The van der Waals surface area contributed by atoms with Gasteiger partial charge < -0.3 is 20.3 Å². The number of carbonyl (C=O) groups is 1. The van der Waals surface area contributed by atoms with Crippen molar-refractivity contribution in [2.45, 2.75) is 18.6 Å². The molecule has 0 unspecified atom stereocenters. The Morgan fingerprint density at radius 2 is 1.91 bits per heavy atom. The number of piperazine rings is 1. The molecule has 0 spiro atoms. The van der Waals surface area contributed by atoms with Crippen LogP contribution in [0.2, 0.25) is 0 Å². The van der Waals surface area contributed by atoms with E-state index in [4.69, 9.17) is 9.57 Å². The molecule has 3 aromatic rings. The topological polar surface area (TPSA) is 95.1 Å². The number of nitrogens with one attached hydrogen (secondary N) is 2. The Kier molecular flexibility index (Phi) is 9.35. The van der Waals surface area contributed by atoms with Crippen LogP contribution in [0.4, 0.5) is 41.9 Å². The van der Waals surface area contributed by atoms with Gasteiger partial charge in [0.05, 0.1) is 42.4 Å². The van der Waals surface area contributed by atoms with Gasteiger partial charge in [-0.1, -0.05) is 24.8 Å². The number of alkyl halides is 3. The van der Waals surface area contributed by atoms with E-state index in [1.807, 2.05) is 12.1 Å². The molecule has 2 aromatic carbocycles. The molecule has 2 fully saturated rings. The number of amides is 1. The Bertz CT molecular complexity index is 1510. The number of methoxy groups -OCH3 is 1. The van der Waals surface area contributed by atoms with Crippen LogP contribution < -0.4 is 25.3 Å². The van der Waals surface area contributed by atoms with Crippen LogP contribution in [0, 0.1) is 0 Å². The Hall–Kier alpha value is -4.62. The molecule has 0 radical (unpaired) electrons. The lowest BCUT2D eigenvalue weighted by Crippen LogP contribution is -2.46. The number of carbonyl (C=O) groups excluding carboxylic acids is 1. The number of ether oxygens (including phenoxy) is 1. The van der Waals surface area contributed by atoms with E-state index in [1.54, 1.807) is 25.3 Å². The normalized spacial score (nSPS) is 17.3. The van der Waals surface area contributed by atoms with Crippen LogP contribution in [0.1, 0.15) is 23.6 Å². The molecule has 0 bridgehead atoms. The Morgan fingerprint density at radius 3 is 2.61 bits per heavy atom. The van der Waals surface area contributed by atoms with Gasteiger partial charge in [0.15, 0.2) is 5.82 Å². The second kappa shape index (κ2) is 13.3. The smallest absolute Gasteiger partial charge is 0.416 e. The third-order valence-corrected chi connectivity index (χ3v) is 7.51. The van der Waals surface area contributed by atoms with Crippen LogP contribution in [0.15, 0.2) is 74.1 Å². The first-order valence-corrected chi connectivity index (χ1v) is 14.1. The zero-order chi connectivity index (χ0) is 31.3. The van der Waals surface area contributed by atoms with Crippen LogP contribution in [0.5, 0.6) is 5.75 Å². The fraction of sp³-hybridized carbons (Fsp3) is 0.323. The lowest BCUT2D eigenvalue weighted by Gasteiger charge is -2.36. The molecule has 0 aliphatic carbocycles. The number of anilines is 5. The van der Waals surface area contributed by atoms with Crippen molar-refractivity contribution in [3.8, 4) is 5.75 Å². The zero-order valence-corrected chi connectivity index (χ0v) is 24.3. The fourth-order valence-electron chi connectivity index (χ4n) is 5.33. The van der Waals surface area contributed by atoms with Crippen molar-refractivity contribution in [3.63, 3.8) is 0 Å². The molecule has 5 rings (SSSR count). The predicted molar refractivity (Wildman–Crippen MR) is 163 cm³/mol. The number of aromatic nitrogens is 2. The number of hydrogen-bond donors (Lipinski definition) is 2. The summed E-state index contributed by atoms with van der Waals surface area (Å²) in [6.45, 7) is 11.7. The minimum atomic E-state index is -4.45. The Balaban J connectivity index is 1.42. The van der Waals surface area contributed by atoms with Gasteiger partial charge in [-0.05, 0) is 29.8 Å². The third-order valence-electron chi connectivity index (χ3n) is 7.51. The average molecular weight is 610 g/mol. The lowest BCUT2D eigenvalue weighted by molar-refractivity contribution is -0.137. The quantitative estimate of drug-likeness (QED) is 0.226. The van der Waals surface area contributed by atoms with Crippen molar-refractivity contribution in [3.05, 3.63) is 85.2 Å². The summed E-state index contributed by atoms with van der Waals surface area (Å²) in [5, 5.41) is 7.64. The SMILES string of the molecule is C=CCN1CCN(c2cc(OC)c(Nc3cc(N4OCC[C@@H]4c4cccc(C(F)(F)F)c4)ncn3)cc2NC(=O)C=C)CC1. The molecule has 3 heterocycles. The summed E-state index contributed by atoms with van der Waals surface area (Å²) in [7, 11) is 1.55. The molecule has 10 nitrogen and oxygen atoms in total. The highest BCUT2D eigenvalue weighted by Crippen LogP contribution is 2.40. The first kappa shape index (κ1) is 30.8. The highest BCUT2D eigenvalue weighted by molar-refractivity contribution is 6.02. The molecule has 0 saturated carbocycles. The summed E-state index contributed by atoms with van der Waals surface area (Å²) in [6, 6.07) is 10.0. The van der Waals surface area contributed by atoms with Gasteiger partial charge in [0.25, 0.3) is 0 Å². The third kappa shape index (κ3) is 6.95. The second-order valence-corrected chi connectivity index (χ2v) is 10.3. The van der Waals surface area contributed by atoms with Crippen LogP contribution in [-0.2, 0) is 15.8 Å². The minimum absolute atomic E-state index is 0.317. The van der Waals surface area contributed by atoms with Gasteiger partial charge in [0.1, 0.15) is 17.9 Å². The molecule has 2 aliphatic rings. The van der Waals surface area contributed by atoms with E-state index in [1.165, 1.54) is 23.5 Å². The largest absolute Gasteiger partial charge is 0.494 e. The van der Waals surface area contributed by atoms with E-state index in [9.17, 15) is 18.0 Å². The molecule has 2 N–H and O–H groups in total. The monoisotopic (exact) mass is 609 g/mol. The summed E-state index contributed by atoms with van der Waals surface area (Å²) in [6.07, 6.45) is 0.459. The van der Waals surface area contributed by atoms with Crippen molar-refractivity contribution in [2.75, 3.05) is 67.0 Å². The average Bonchev–Trinajstić information content (AvgIpc) is 3.52. The first-order valence-electron chi connectivity index (χ1n) is 14.1. The van der Waals surface area contributed by atoms with Crippen molar-refractivity contribution in [1.82, 2.24) is 14.9 Å². The van der Waals surface area contributed by atoms with E-state index in [-0.39, 0.29) is 5.91 Å². The minimum Gasteiger partial charge on any atom is -0.494 e. The Morgan fingerprint density at radius 1 is 1.11 bits per heavy atom. The van der Waals surface area contributed by atoms with E-state index >= 15 is 0 Å². The Labute approximate surface area is 253 Å². The number of halogens is 3. The number of hydrogen-bond acceptors (Lipinski definition) is 9. The van der Waals surface area contributed by atoms with Crippen LogP contribution in [0.25, 0.3) is 0 Å². The first-order chi connectivity index (χ1) is 21.2. The maximum atomic E-state index is 13.4. The maximum absolute atomic E-state index is 13.4. The molecular weight excluding hydrogens is 575 g/mol. The molecule has 232 valence electrons. The number of hydroxylamine groups is 1. The van der Waals surface area contributed by atoms with Crippen molar-refractivity contribution >= 4 is 34.6 Å². The summed E-state index contributed by atoms with van der Waals surface area (Å²) in [5.41, 5.74) is 1.65. The van der Waals surface area contributed by atoms with Crippen LogP contribution in [-0.4, -0.2) is 67.2 Å². The second-order valence-electron chi connectivity index (χ2n) is 10.3. The number of nitrogens with zero attached hydrogens (tertiary/aromatic N) is 5. The highest BCUT2D eigenvalue weighted by Gasteiger charge is 2.34. The van der Waals surface area contributed by atoms with Crippen LogP contribution >= 0.6 is 0 Å². The van der Waals surface area contributed by atoms with Crippen molar-refractivity contribution in [2.24, 2.45) is 0 Å². The fourth-order valence-corrected chi connectivity index (χ4v) is 5.33. The predicted octanol–water partition coefficient (Wildman–Crippen LogP) is 5.56. The summed E-state index contributed by atoms with van der Waals surface area (Å²) < 4.78 is 45.8. The van der Waals surface area contributed by atoms with Gasteiger partial charge in [-0.15, -0.1) is 6.58 Å². The van der Waals surface area contributed by atoms with Gasteiger partial charge in [0.2, 0.25) is 5.91 Å². The van der Waals surface area contributed by atoms with E-state index in [0.717, 1.165) is 50.5 Å². The molecule has 2 saturated heterocycles. The summed E-state index contributed by atoms with van der Waals surface area (Å²) >= 11 is 0. The summed E-state index contributed by atoms with van der Waals surface area (Å²) in [5.74, 6) is 0.919. The van der Waals surface area contributed by atoms with Crippen molar-refractivity contribution < 1.29 is 27.5 Å². The molecule has 1 aromatic heterocycles. The highest BCUT2D eigenvalue weighted by atomic mass is 19.4. The van der Waals surface area contributed by atoms with Gasteiger partial charge in [0, 0.05) is 51.3 Å². The molecule has 2 aliphatic heterocycles.